The average molecular weight is 413 g/mol. The zero-order chi connectivity index (χ0) is 20.9. The molecule has 0 unspecified atom stereocenters. The number of anilines is 2. The van der Waals surface area contributed by atoms with Gasteiger partial charge in [-0.1, -0.05) is 13.8 Å². The summed E-state index contributed by atoms with van der Waals surface area (Å²) in [7, 11) is -4.30. The third-order valence-electron chi connectivity index (χ3n) is 3.85. The number of aromatic nitrogens is 1. The van der Waals surface area contributed by atoms with Crippen LogP contribution in [0.3, 0.4) is 0 Å². The lowest BCUT2D eigenvalue weighted by molar-refractivity contribution is 0.0696. The van der Waals surface area contributed by atoms with Gasteiger partial charge >= 0.3 is 5.97 Å². The Balaban J connectivity index is 2.52. The van der Waals surface area contributed by atoms with Crippen LogP contribution >= 0.6 is 0 Å². The van der Waals surface area contributed by atoms with Crippen molar-refractivity contribution < 1.29 is 27.1 Å². The molecule has 0 amide bonds. The minimum absolute atomic E-state index is 0.0495. The molecule has 152 valence electrons. The van der Waals surface area contributed by atoms with Crippen LogP contribution in [-0.2, 0) is 10.0 Å². The van der Waals surface area contributed by atoms with Crippen LogP contribution in [0.2, 0.25) is 0 Å². The van der Waals surface area contributed by atoms with Crippen molar-refractivity contribution in [1.29, 1.82) is 0 Å². The highest BCUT2D eigenvalue weighted by molar-refractivity contribution is 7.92. The van der Waals surface area contributed by atoms with Crippen molar-refractivity contribution in [2.45, 2.75) is 31.6 Å². The summed E-state index contributed by atoms with van der Waals surface area (Å²) in [5.41, 5.74) is -0.258. The second kappa shape index (κ2) is 8.96. The molecule has 1 aromatic heterocycles. The van der Waals surface area contributed by atoms with Crippen molar-refractivity contribution in [2.24, 2.45) is 0 Å². The SMILES string of the molecule is CCCN(CCC)c1ncc(C(=O)O)cc1NS(=O)(=O)c1ccc(F)c(F)c1. The van der Waals surface area contributed by atoms with Gasteiger partial charge in [0.1, 0.15) is 0 Å². The van der Waals surface area contributed by atoms with Gasteiger partial charge in [0.15, 0.2) is 17.5 Å². The first-order chi connectivity index (χ1) is 13.2. The summed E-state index contributed by atoms with van der Waals surface area (Å²) in [6.07, 6.45) is 2.67. The summed E-state index contributed by atoms with van der Waals surface area (Å²) in [5, 5.41) is 9.21. The Hall–Kier alpha value is -2.75. The van der Waals surface area contributed by atoms with E-state index in [1.165, 1.54) is 0 Å². The van der Waals surface area contributed by atoms with E-state index < -0.39 is 32.5 Å². The standard InChI is InChI=1S/C18H21F2N3O4S/c1-3-7-23(8-4-2)17-16(9-12(11-21-17)18(24)25)22-28(26,27)13-5-6-14(19)15(20)10-13/h5-6,9-11,22H,3-4,7-8H2,1-2H3,(H,24,25). The molecule has 0 radical (unpaired) electrons. The molecule has 0 aliphatic rings. The van der Waals surface area contributed by atoms with Gasteiger partial charge in [0.25, 0.3) is 10.0 Å². The predicted octanol–water partition coefficient (Wildman–Crippen LogP) is 3.49. The zero-order valence-electron chi connectivity index (χ0n) is 15.4. The molecule has 1 heterocycles. The minimum Gasteiger partial charge on any atom is -0.478 e. The lowest BCUT2D eigenvalue weighted by Crippen LogP contribution is -2.28. The number of carboxylic acid groups (broad SMARTS) is 1. The van der Waals surface area contributed by atoms with Gasteiger partial charge in [-0.3, -0.25) is 4.72 Å². The fraction of sp³-hybridized carbons (Fsp3) is 0.333. The number of nitrogens with one attached hydrogen (secondary N) is 1. The van der Waals surface area contributed by atoms with Crippen LogP contribution < -0.4 is 9.62 Å². The molecule has 0 saturated heterocycles. The Morgan fingerprint density at radius 2 is 1.79 bits per heavy atom. The molecule has 28 heavy (non-hydrogen) atoms. The molecule has 7 nitrogen and oxygen atoms in total. The monoisotopic (exact) mass is 413 g/mol. The minimum atomic E-state index is -4.30. The summed E-state index contributed by atoms with van der Waals surface area (Å²) in [6.45, 7) is 5.04. The van der Waals surface area contributed by atoms with Crippen LogP contribution in [0.4, 0.5) is 20.3 Å². The largest absolute Gasteiger partial charge is 0.478 e. The first kappa shape index (κ1) is 21.5. The average Bonchev–Trinajstić information content (AvgIpc) is 2.63. The fourth-order valence-corrected chi connectivity index (χ4v) is 3.68. The van der Waals surface area contributed by atoms with E-state index in [4.69, 9.17) is 0 Å². The molecular weight excluding hydrogens is 392 g/mol. The van der Waals surface area contributed by atoms with Gasteiger partial charge < -0.3 is 10.0 Å². The molecule has 2 rings (SSSR count). The molecule has 0 fully saturated rings. The lowest BCUT2D eigenvalue weighted by Gasteiger charge is -2.25. The summed E-state index contributed by atoms with van der Waals surface area (Å²) in [4.78, 5) is 16.8. The molecule has 0 bridgehead atoms. The number of halogens is 2. The van der Waals surface area contributed by atoms with Gasteiger partial charge in [0.05, 0.1) is 16.1 Å². The molecule has 0 aliphatic carbocycles. The van der Waals surface area contributed by atoms with E-state index in [-0.39, 0.29) is 17.1 Å². The van der Waals surface area contributed by atoms with Crippen molar-refractivity contribution in [3.05, 3.63) is 47.7 Å². The number of rotatable bonds is 9. The van der Waals surface area contributed by atoms with Gasteiger partial charge in [-0.15, -0.1) is 0 Å². The molecule has 0 atom stereocenters. The van der Waals surface area contributed by atoms with Gasteiger partial charge in [-0.25, -0.2) is 27.0 Å². The number of carboxylic acids is 1. The van der Waals surface area contributed by atoms with Gasteiger partial charge in [0, 0.05) is 19.3 Å². The lowest BCUT2D eigenvalue weighted by atomic mass is 10.2. The van der Waals surface area contributed by atoms with E-state index in [0.717, 1.165) is 31.2 Å². The second-order valence-corrected chi connectivity index (χ2v) is 7.75. The Bertz CT molecular complexity index is 961. The van der Waals surface area contributed by atoms with E-state index in [1.807, 2.05) is 18.7 Å². The highest BCUT2D eigenvalue weighted by Crippen LogP contribution is 2.28. The fourth-order valence-electron chi connectivity index (χ4n) is 2.61. The summed E-state index contributed by atoms with van der Waals surface area (Å²) in [6, 6.07) is 3.34. The third-order valence-corrected chi connectivity index (χ3v) is 5.21. The van der Waals surface area contributed by atoms with E-state index in [2.05, 4.69) is 9.71 Å². The predicted molar refractivity (Wildman–Crippen MR) is 101 cm³/mol. The van der Waals surface area contributed by atoms with Gasteiger partial charge in [-0.05, 0) is 37.1 Å². The molecular formula is C18H21F2N3O4S. The molecule has 2 N–H and O–H groups in total. The maximum atomic E-state index is 13.5. The maximum Gasteiger partial charge on any atom is 0.337 e. The first-order valence-electron chi connectivity index (χ1n) is 8.65. The van der Waals surface area contributed by atoms with E-state index >= 15 is 0 Å². The van der Waals surface area contributed by atoms with Crippen molar-refractivity contribution in [3.63, 3.8) is 0 Å². The third kappa shape index (κ3) is 4.94. The number of hydrogen-bond donors (Lipinski definition) is 2. The molecule has 10 heteroatoms. The number of benzene rings is 1. The van der Waals surface area contributed by atoms with Crippen LogP contribution in [0.5, 0.6) is 0 Å². The molecule has 2 aromatic rings. The van der Waals surface area contributed by atoms with E-state index in [0.29, 0.717) is 25.2 Å². The molecule has 0 spiro atoms. The number of sulfonamides is 1. The van der Waals surface area contributed by atoms with Gasteiger partial charge in [0.2, 0.25) is 0 Å². The van der Waals surface area contributed by atoms with E-state index in [1.54, 1.807) is 0 Å². The van der Waals surface area contributed by atoms with Crippen molar-refractivity contribution >= 4 is 27.5 Å². The number of carbonyl (C=O) groups is 1. The highest BCUT2D eigenvalue weighted by atomic mass is 32.2. The molecule has 1 aromatic carbocycles. The van der Waals surface area contributed by atoms with Crippen LogP contribution in [0.15, 0.2) is 35.4 Å². The quantitative estimate of drug-likeness (QED) is 0.653. The summed E-state index contributed by atoms with van der Waals surface area (Å²) < 4.78 is 54.1. The van der Waals surface area contributed by atoms with Crippen LogP contribution in [0.1, 0.15) is 37.0 Å². The Morgan fingerprint density at radius 3 is 2.32 bits per heavy atom. The highest BCUT2D eigenvalue weighted by Gasteiger charge is 2.22. The summed E-state index contributed by atoms with van der Waals surface area (Å²) >= 11 is 0. The normalized spacial score (nSPS) is 11.3. The second-order valence-electron chi connectivity index (χ2n) is 6.07. The number of pyridine rings is 1. The van der Waals surface area contributed by atoms with E-state index in [9.17, 15) is 27.1 Å². The first-order valence-corrected chi connectivity index (χ1v) is 10.1. The number of hydrogen-bond acceptors (Lipinski definition) is 5. The van der Waals surface area contributed by atoms with Crippen LogP contribution in [0, 0.1) is 11.6 Å². The summed E-state index contributed by atoms with van der Waals surface area (Å²) in [5.74, 6) is -3.49. The van der Waals surface area contributed by atoms with Crippen molar-refractivity contribution in [1.82, 2.24) is 4.98 Å². The zero-order valence-corrected chi connectivity index (χ0v) is 16.3. The Kier molecular flexibility index (Phi) is 6.90. The molecule has 0 aliphatic heterocycles. The van der Waals surface area contributed by atoms with Crippen LogP contribution in [0.25, 0.3) is 0 Å². The van der Waals surface area contributed by atoms with Crippen molar-refractivity contribution in [3.8, 4) is 0 Å². The molecule has 0 saturated carbocycles. The number of nitrogens with zero attached hydrogens (tertiary/aromatic N) is 2. The van der Waals surface area contributed by atoms with Crippen molar-refractivity contribution in [2.75, 3.05) is 22.7 Å². The van der Waals surface area contributed by atoms with Gasteiger partial charge in [-0.2, -0.15) is 0 Å². The smallest absolute Gasteiger partial charge is 0.337 e. The topological polar surface area (TPSA) is 99.6 Å². The Morgan fingerprint density at radius 1 is 1.14 bits per heavy atom. The number of aromatic carboxylic acids is 1. The maximum absolute atomic E-state index is 13.5. The van der Waals surface area contributed by atoms with Crippen LogP contribution in [-0.4, -0.2) is 37.6 Å². The Labute approximate surface area is 162 Å².